The van der Waals surface area contributed by atoms with Crippen molar-refractivity contribution in [3.05, 3.63) is 18.0 Å². The van der Waals surface area contributed by atoms with Crippen LogP contribution in [0.3, 0.4) is 0 Å². The highest BCUT2D eigenvalue weighted by molar-refractivity contribution is 5.92. The molecule has 5 heteroatoms. The first-order chi connectivity index (χ1) is 10.1. The average Bonchev–Trinajstić information content (AvgIpc) is 2.99. The number of hydrogen-bond acceptors (Lipinski definition) is 3. The van der Waals surface area contributed by atoms with Crippen molar-refractivity contribution in [2.75, 3.05) is 13.2 Å². The van der Waals surface area contributed by atoms with Crippen LogP contribution in [0.2, 0.25) is 0 Å². The summed E-state index contributed by atoms with van der Waals surface area (Å²) in [5.41, 5.74) is 0.448. The van der Waals surface area contributed by atoms with Crippen molar-refractivity contribution in [3.63, 3.8) is 0 Å². The fraction of sp³-hybridized carbons (Fsp3) is 0.750. The van der Waals surface area contributed by atoms with E-state index in [0.717, 1.165) is 0 Å². The molecule has 0 spiro atoms. The lowest BCUT2D eigenvalue weighted by atomic mass is 9.80. The van der Waals surface area contributed by atoms with Gasteiger partial charge in [0.05, 0.1) is 0 Å². The highest BCUT2D eigenvalue weighted by Crippen LogP contribution is 2.29. The molecule has 0 bridgehead atoms. The van der Waals surface area contributed by atoms with Gasteiger partial charge in [0.2, 0.25) is 0 Å². The van der Waals surface area contributed by atoms with Gasteiger partial charge in [-0.3, -0.25) is 9.48 Å². The van der Waals surface area contributed by atoms with Crippen LogP contribution in [0.4, 0.5) is 0 Å². The molecule has 1 saturated carbocycles. The molecule has 1 fully saturated rings. The molecule has 0 aliphatic heterocycles. The molecular weight excluding hydrogens is 266 g/mol. The molecule has 1 unspecified atom stereocenters. The standard InChI is InChI=1S/C16H27N3O2/c1-12(2)19-9-8-15(18-19)16(21)17-10-14(11-20)13-6-4-3-5-7-13/h8-9,12-14,20H,3-7,10-11H2,1-2H3,(H,17,21). The van der Waals surface area contributed by atoms with Crippen LogP contribution in [0.25, 0.3) is 0 Å². The van der Waals surface area contributed by atoms with Gasteiger partial charge in [-0.15, -0.1) is 0 Å². The van der Waals surface area contributed by atoms with Gasteiger partial charge in [-0.25, -0.2) is 0 Å². The lowest BCUT2D eigenvalue weighted by Gasteiger charge is -2.29. The van der Waals surface area contributed by atoms with Crippen molar-refractivity contribution in [1.29, 1.82) is 0 Å². The minimum absolute atomic E-state index is 0.144. The first-order valence-corrected chi connectivity index (χ1v) is 8.06. The Balaban J connectivity index is 1.86. The first kappa shape index (κ1) is 16.0. The third-order valence-electron chi connectivity index (χ3n) is 4.45. The van der Waals surface area contributed by atoms with Gasteiger partial charge in [-0.2, -0.15) is 5.10 Å². The number of aliphatic hydroxyl groups excluding tert-OH is 1. The normalized spacial score (nSPS) is 17.9. The van der Waals surface area contributed by atoms with Crippen LogP contribution in [0.1, 0.15) is 62.5 Å². The maximum atomic E-state index is 12.1. The van der Waals surface area contributed by atoms with Crippen LogP contribution < -0.4 is 5.32 Å². The topological polar surface area (TPSA) is 67.2 Å². The molecule has 0 aromatic carbocycles. The summed E-state index contributed by atoms with van der Waals surface area (Å²) in [7, 11) is 0. The Morgan fingerprint density at radius 3 is 2.71 bits per heavy atom. The van der Waals surface area contributed by atoms with Gasteiger partial charge in [0.1, 0.15) is 5.69 Å². The van der Waals surface area contributed by atoms with Crippen molar-refractivity contribution in [1.82, 2.24) is 15.1 Å². The van der Waals surface area contributed by atoms with E-state index in [9.17, 15) is 9.90 Å². The number of nitrogens with one attached hydrogen (secondary N) is 1. The van der Waals surface area contributed by atoms with Crippen molar-refractivity contribution in [2.45, 2.75) is 52.0 Å². The summed E-state index contributed by atoms with van der Waals surface area (Å²) in [4.78, 5) is 12.1. The van der Waals surface area contributed by atoms with E-state index in [4.69, 9.17) is 0 Å². The predicted molar refractivity (Wildman–Crippen MR) is 82.1 cm³/mol. The number of nitrogens with zero attached hydrogens (tertiary/aromatic N) is 2. The summed E-state index contributed by atoms with van der Waals surface area (Å²) in [6.07, 6.45) is 7.95. The third-order valence-corrected chi connectivity index (χ3v) is 4.45. The van der Waals surface area contributed by atoms with Crippen LogP contribution in [-0.4, -0.2) is 33.9 Å². The largest absolute Gasteiger partial charge is 0.396 e. The molecule has 5 nitrogen and oxygen atoms in total. The summed E-state index contributed by atoms with van der Waals surface area (Å²) in [5.74, 6) is 0.558. The summed E-state index contributed by atoms with van der Waals surface area (Å²) in [5, 5.41) is 16.8. The maximum absolute atomic E-state index is 12.1. The second-order valence-corrected chi connectivity index (χ2v) is 6.33. The highest BCUT2D eigenvalue weighted by Gasteiger charge is 2.23. The van der Waals surface area contributed by atoms with Crippen molar-refractivity contribution < 1.29 is 9.90 Å². The molecule has 2 rings (SSSR count). The summed E-state index contributed by atoms with van der Waals surface area (Å²) in [6.45, 7) is 4.74. The third kappa shape index (κ3) is 4.30. The van der Waals surface area contributed by atoms with Crippen molar-refractivity contribution in [3.8, 4) is 0 Å². The van der Waals surface area contributed by atoms with Crippen molar-refractivity contribution >= 4 is 5.91 Å². The molecule has 118 valence electrons. The second-order valence-electron chi connectivity index (χ2n) is 6.33. The van der Waals surface area contributed by atoms with Crippen LogP contribution in [0.5, 0.6) is 0 Å². The van der Waals surface area contributed by atoms with Gasteiger partial charge < -0.3 is 10.4 Å². The van der Waals surface area contributed by atoms with E-state index in [0.29, 0.717) is 18.2 Å². The monoisotopic (exact) mass is 293 g/mol. The number of amides is 1. The Morgan fingerprint density at radius 2 is 2.14 bits per heavy atom. The predicted octanol–water partition coefficient (Wildman–Crippen LogP) is 2.38. The zero-order chi connectivity index (χ0) is 15.2. The molecule has 1 heterocycles. The van der Waals surface area contributed by atoms with Gasteiger partial charge in [-0.1, -0.05) is 32.1 Å². The van der Waals surface area contributed by atoms with E-state index in [-0.39, 0.29) is 24.5 Å². The molecule has 2 N–H and O–H groups in total. The Labute approximate surface area is 126 Å². The summed E-state index contributed by atoms with van der Waals surface area (Å²) >= 11 is 0. The maximum Gasteiger partial charge on any atom is 0.271 e. The van der Waals surface area contributed by atoms with Gasteiger partial charge in [0.15, 0.2) is 0 Å². The summed E-state index contributed by atoms with van der Waals surface area (Å²) < 4.78 is 1.78. The molecule has 1 amide bonds. The quantitative estimate of drug-likeness (QED) is 0.846. The zero-order valence-electron chi connectivity index (χ0n) is 13.1. The molecule has 21 heavy (non-hydrogen) atoms. The Bertz CT molecular complexity index is 450. The minimum atomic E-state index is -0.149. The fourth-order valence-electron chi connectivity index (χ4n) is 3.05. The van der Waals surface area contributed by atoms with E-state index in [1.54, 1.807) is 10.7 Å². The van der Waals surface area contributed by atoms with Gasteiger partial charge in [0.25, 0.3) is 5.91 Å². The molecule has 1 aliphatic carbocycles. The van der Waals surface area contributed by atoms with Gasteiger partial charge in [0, 0.05) is 31.3 Å². The highest BCUT2D eigenvalue weighted by atomic mass is 16.3. The first-order valence-electron chi connectivity index (χ1n) is 8.06. The van der Waals surface area contributed by atoms with Gasteiger partial charge >= 0.3 is 0 Å². The zero-order valence-corrected chi connectivity index (χ0v) is 13.1. The SMILES string of the molecule is CC(C)n1ccc(C(=O)NCC(CO)C2CCCCC2)n1. The second kappa shape index (κ2) is 7.59. The number of carbonyl (C=O) groups excluding carboxylic acids is 1. The Kier molecular flexibility index (Phi) is 5.79. The smallest absolute Gasteiger partial charge is 0.271 e. The molecule has 1 atom stereocenters. The van der Waals surface area contributed by atoms with E-state index in [1.807, 2.05) is 20.0 Å². The molecule has 1 aromatic rings. The fourth-order valence-corrected chi connectivity index (χ4v) is 3.05. The molecule has 0 saturated heterocycles. The van der Waals surface area contributed by atoms with Gasteiger partial charge in [-0.05, 0) is 25.8 Å². The minimum Gasteiger partial charge on any atom is -0.396 e. The average molecular weight is 293 g/mol. The van der Waals surface area contributed by atoms with E-state index in [1.165, 1.54) is 32.1 Å². The lowest BCUT2D eigenvalue weighted by molar-refractivity contribution is 0.0908. The summed E-state index contributed by atoms with van der Waals surface area (Å²) in [6, 6.07) is 1.99. The van der Waals surface area contributed by atoms with Crippen LogP contribution in [-0.2, 0) is 0 Å². The van der Waals surface area contributed by atoms with Crippen LogP contribution >= 0.6 is 0 Å². The van der Waals surface area contributed by atoms with E-state index >= 15 is 0 Å². The van der Waals surface area contributed by atoms with Crippen molar-refractivity contribution in [2.24, 2.45) is 11.8 Å². The molecule has 1 aliphatic rings. The molecule has 0 radical (unpaired) electrons. The lowest BCUT2D eigenvalue weighted by Crippen LogP contribution is -2.35. The van der Waals surface area contributed by atoms with E-state index in [2.05, 4.69) is 10.4 Å². The Morgan fingerprint density at radius 1 is 1.43 bits per heavy atom. The number of carbonyl (C=O) groups is 1. The molecular formula is C16H27N3O2. The number of hydrogen-bond donors (Lipinski definition) is 2. The van der Waals surface area contributed by atoms with Crippen LogP contribution in [0.15, 0.2) is 12.3 Å². The number of rotatable bonds is 6. The Hall–Kier alpha value is -1.36. The molecule has 1 aromatic heterocycles. The van der Waals surface area contributed by atoms with E-state index < -0.39 is 0 Å². The van der Waals surface area contributed by atoms with Crippen LogP contribution in [0, 0.1) is 11.8 Å². The number of aromatic nitrogens is 2. The number of aliphatic hydroxyl groups is 1.